The molecule has 7 heteroatoms. The number of pyridine rings is 2. The minimum Gasteiger partial charge on any atom is -0.368 e. The van der Waals surface area contributed by atoms with E-state index in [1.54, 1.807) is 6.07 Å². The van der Waals surface area contributed by atoms with Gasteiger partial charge in [-0.2, -0.15) is 5.26 Å². The summed E-state index contributed by atoms with van der Waals surface area (Å²) in [6.45, 7) is 7.11. The lowest BCUT2D eigenvalue weighted by Gasteiger charge is -2.43. The molecule has 0 spiro atoms. The minimum atomic E-state index is 0.188. The first-order valence-electron chi connectivity index (χ1n) is 12.4. The van der Waals surface area contributed by atoms with E-state index in [-0.39, 0.29) is 6.17 Å². The first-order chi connectivity index (χ1) is 16.6. The van der Waals surface area contributed by atoms with E-state index >= 15 is 0 Å². The molecular formula is C26H27N7. The summed E-state index contributed by atoms with van der Waals surface area (Å²) in [6.07, 6.45) is 1.42. The van der Waals surface area contributed by atoms with Gasteiger partial charge in [0, 0.05) is 68.1 Å². The van der Waals surface area contributed by atoms with Crippen LogP contribution < -0.4 is 15.1 Å². The van der Waals surface area contributed by atoms with Gasteiger partial charge in [-0.25, -0.2) is 4.98 Å². The molecule has 6 heterocycles. The molecule has 4 aliphatic rings. The van der Waals surface area contributed by atoms with E-state index < -0.39 is 0 Å². The normalized spacial score (nSPS) is 28.7. The monoisotopic (exact) mass is 438 g/mol. The van der Waals surface area contributed by atoms with E-state index in [0.29, 0.717) is 35.2 Å². The van der Waals surface area contributed by atoms with Gasteiger partial charge in [-0.05, 0) is 49.2 Å². The van der Waals surface area contributed by atoms with Gasteiger partial charge in [0.25, 0.3) is 0 Å². The number of nitriles is 1. The number of fused-ring (bicyclic) bond motifs is 6. The van der Waals surface area contributed by atoms with Crippen molar-refractivity contribution in [1.29, 1.82) is 5.26 Å². The lowest BCUT2D eigenvalue weighted by atomic mass is 10.0. The molecule has 0 radical (unpaired) electrons. The quantitative estimate of drug-likeness (QED) is 0.660. The highest BCUT2D eigenvalue weighted by Gasteiger charge is 2.42. The van der Waals surface area contributed by atoms with Crippen LogP contribution in [0.4, 0.5) is 11.5 Å². The summed E-state index contributed by atoms with van der Waals surface area (Å²) in [6, 6.07) is 16.2. The van der Waals surface area contributed by atoms with Crippen LogP contribution in [-0.4, -0.2) is 59.2 Å². The summed E-state index contributed by atoms with van der Waals surface area (Å²) in [5.41, 5.74) is 4.79. The molecule has 0 amide bonds. The number of benzene rings is 1. The van der Waals surface area contributed by atoms with Crippen LogP contribution in [0.5, 0.6) is 0 Å². The molecule has 1 aromatic carbocycles. The first-order valence-corrected chi connectivity index (χ1v) is 11.9. The fourth-order valence-corrected chi connectivity index (χ4v) is 6.43. The maximum atomic E-state index is 9.55. The number of nitrogens with one attached hydrogen (secondary N) is 1. The van der Waals surface area contributed by atoms with Crippen molar-refractivity contribution >= 4 is 22.4 Å². The second kappa shape index (κ2) is 7.14. The van der Waals surface area contributed by atoms with Crippen LogP contribution in [0.2, 0.25) is 0 Å². The third-order valence-electron chi connectivity index (χ3n) is 8.04. The second-order valence-corrected chi connectivity index (χ2v) is 9.88. The van der Waals surface area contributed by atoms with Crippen molar-refractivity contribution < 1.29 is 1.37 Å². The Labute approximate surface area is 195 Å². The molecule has 7 nitrogen and oxygen atoms in total. The van der Waals surface area contributed by atoms with Crippen LogP contribution in [-0.2, 0) is 6.54 Å². The summed E-state index contributed by atoms with van der Waals surface area (Å²) in [5, 5.41) is 14.1. The molecule has 3 fully saturated rings. The summed E-state index contributed by atoms with van der Waals surface area (Å²) in [7, 11) is 0. The number of nitrogens with zero attached hydrogens (tertiary/aromatic N) is 6. The second-order valence-electron chi connectivity index (χ2n) is 9.88. The van der Waals surface area contributed by atoms with E-state index in [2.05, 4.69) is 50.1 Å². The Bertz CT molecular complexity index is 1350. The topological polar surface area (TPSA) is 71.3 Å². The van der Waals surface area contributed by atoms with Crippen LogP contribution in [0.15, 0.2) is 42.6 Å². The fraction of sp³-hybridized carbons (Fsp3) is 0.423. The van der Waals surface area contributed by atoms with Gasteiger partial charge in [0.05, 0.1) is 24.2 Å². The van der Waals surface area contributed by atoms with Gasteiger partial charge in [0.2, 0.25) is 0 Å². The molecule has 7 rings (SSSR count). The Hall–Kier alpha value is -3.21. The molecule has 2 bridgehead atoms. The van der Waals surface area contributed by atoms with Gasteiger partial charge in [0.15, 0.2) is 0 Å². The van der Waals surface area contributed by atoms with Gasteiger partial charge in [0.1, 0.15) is 11.9 Å². The van der Waals surface area contributed by atoms with E-state index in [1.165, 1.54) is 17.7 Å². The van der Waals surface area contributed by atoms with E-state index in [9.17, 15) is 5.26 Å². The van der Waals surface area contributed by atoms with Crippen LogP contribution in [0.1, 0.15) is 37.6 Å². The fourth-order valence-electron chi connectivity index (χ4n) is 6.43. The SMILES string of the molecule is [2H]c1ccc2c(N3C[C@@H](C)N4Cc5nc(N6CC7CC6CN7)ccc5[C@H]4C3)ccc(C#N)c2n1. The van der Waals surface area contributed by atoms with E-state index in [0.717, 1.165) is 49.6 Å². The van der Waals surface area contributed by atoms with Crippen molar-refractivity contribution in [2.45, 2.75) is 44.1 Å². The Kier molecular flexibility index (Phi) is 3.95. The van der Waals surface area contributed by atoms with Crippen molar-refractivity contribution in [3.05, 3.63) is 59.4 Å². The number of hydrogen-bond acceptors (Lipinski definition) is 7. The lowest BCUT2D eigenvalue weighted by molar-refractivity contribution is 0.133. The highest BCUT2D eigenvalue weighted by atomic mass is 15.3. The van der Waals surface area contributed by atoms with Gasteiger partial charge in [-0.15, -0.1) is 0 Å². The molecule has 4 aliphatic heterocycles. The van der Waals surface area contributed by atoms with Gasteiger partial charge < -0.3 is 15.1 Å². The van der Waals surface area contributed by atoms with Crippen molar-refractivity contribution in [3.8, 4) is 6.07 Å². The zero-order valence-corrected chi connectivity index (χ0v) is 18.7. The molecule has 166 valence electrons. The molecule has 0 saturated carbocycles. The van der Waals surface area contributed by atoms with Crippen LogP contribution in [0.25, 0.3) is 10.9 Å². The summed E-state index contributed by atoms with van der Waals surface area (Å²) in [5.74, 6) is 1.13. The third kappa shape index (κ3) is 2.87. The van der Waals surface area contributed by atoms with Crippen LogP contribution in [0.3, 0.4) is 0 Å². The van der Waals surface area contributed by atoms with Crippen LogP contribution in [0, 0.1) is 11.3 Å². The summed E-state index contributed by atoms with van der Waals surface area (Å²) < 4.78 is 7.93. The van der Waals surface area contributed by atoms with Gasteiger partial charge in [-0.3, -0.25) is 9.88 Å². The molecule has 4 atom stereocenters. The predicted octanol–water partition coefficient (Wildman–Crippen LogP) is 2.82. The molecule has 2 aromatic heterocycles. The number of hydrogen-bond donors (Lipinski definition) is 1. The summed E-state index contributed by atoms with van der Waals surface area (Å²) in [4.78, 5) is 17.0. The van der Waals surface area contributed by atoms with Gasteiger partial charge in [-0.1, -0.05) is 6.07 Å². The zero-order chi connectivity index (χ0) is 23.0. The number of piperazine rings is 2. The maximum absolute atomic E-state index is 9.55. The van der Waals surface area contributed by atoms with Crippen molar-refractivity contribution in [2.24, 2.45) is 0 Å². The smallest absolute Gasteiger partial charge is 0.129 e. The molecule has 3 aromatic rings. The molecule has 0 aliphatic carbocycles. The standard InChI is InChI=1S/C26H27N7/c1-16-12-31(23-6-4-17(10-27)26-21(23)3-2-8-28-26)15-24-20-5-7-25(30-22(20)14-32(16)24)33-13-18-9-19(33)11-29-18/h2-8,16,18-19,24,29H,9,11-15H2,1H3/t16-,18?,19?,24-/m1/s1/i8D. The van der Waals surface area contributed by atoms with Crippen molar-refractivity contribution in [2.75, 3.05) is 36.0 Å². The molecule has 2 unspecified atom stereocenters. The van der Waals surface area contributed by atoms with Crippen LogP contribution >= 0.6 is 0 Å². The van der Waals surface area contributed by atoms with Crippen molar-refractivity contribution in [1.82, 2.24) is 20.2 Å². The number of aromatic nitrogens is 2. The Morgan fingerprint density at radius 3 is 2.94 bits per heavy atom. The first kappa shape index (κ1) is 18.2. The summed E-state index contributed by atoms with van der Waals surface area (Å²) >= 11 is 0. The Morgan fingerprint density at radius 2 is 2.12 bits per heavy atom. The highest BCUT2D eigenvalue weighted by molar-refractivity contribution is 5.95. The third-order valence-corrected chi connectivity index (χ3v) is 8.04. The number of rotatable bonds is 2. The average Bonchev–Trinajstić information content (AvgIpc) is 3.57. The molecular weight excluding hydrogens is 410 g/mol. The maximum Gasteiger partial charge on any atom is 0.129 e. The van der Waals surface area contributed by atoms with E-state index in [4.69, 9.17) is 6.35 Å². The Morgan fingerprint density at radius 1 is 1.18 bits per heavy atom. The predicted molar refractivity (Wildman–Crippen MR) is 128 cm³/mol. The van der Waals surface area contributed by atoms with Crippen molar-refractivity contribution in [3.63, 3.8) is 0 Å². The largest absolute Gasteiger partial charge is 0.368 e. The molecule has 1 N–H and O–H groups in total. The molecule has 33 heavy (non-hydrogen) atoms. The average molecular weight is 439 g/mol. The highest BCUT2D eigenvalue weighted by Crippen LogP contribution is 2.41. The number of anilines is 2. The minimum absolute atomic E-state index is 0.188. The van der Waals surface area contributed by atoms with E-state index in [1.807, 2.05) is 18.2 Å². The Balaban J connectivity index is 1.22. The zero-order valence-electron chi connectivity index (χ0n) is 19.7. The lowest BCUT2D eigenvalue weighted by Crippen LogP contribution is -2.51. The van der Waals surface area contributed by atoms with Gasteiger partial charge >= 0.3 is 0 Å². The molecule has 3 saturated heterocycles.